The molecular formula is C24H25N5O2. The first-order chi connectivity index (χ1) is 15.2. The van der Waals surface area contributed by atoms with Gasteiger partial charge in [-0.25, -0.2) is 9.67 Å². The molecule has 7 nitrogen and oxygen atoms in total. The zero-order valence-corrected chi connectivity index (χ0v) is 17.5. The molecule has 0 saturated carbocycles. The second-order valence-corrected chi connectivity index (χ2v) is 8.03. The van der Waals surface area contributed by atoms with Crippen molar-refractivity contribution >= 4 is 27.7 Å². The number of nitrogens with zero attached hydrogens (tertiary/aromatic N) is 4. The molecule has 1 aliphatic rings. The summed E-state index contributed by atoms with van der Waals surface area (Å²) >= 11 is 0. The Balaban J connectivity index is 1.49. The minimum atomic E-state index is -0.118. The van der Waals surface area contributed by atoms with Gasteiger partial charge in [0.2, 0.25) is 5.91 Å². The highest BCUT2D eigenvalue weighted by atomic mass is 16.2. The largest absolute Gasteiger partial charge is 0.340 e. The first-order valence-electron chi connectivity index (χ1n) is 10.9. The summed E-state index contributed by atoms with van der Waals surface area (Å²) in [6.45, 7) is 3.05. The number of amides is 1. The summed E-state index contributed by atoms with van der Waals surface area (Å²) < 4.78 is 1.44. The van der Waals surface area contributed by atoms with E-state index in [0.717, 1.165) is 41.5 Å². The van der Waals surface area contributed by atoms with Crippen LogP contribution >= 0.6 is 0 Å². The van der Waals surface area contributed by atoms with Crippen molar-refractivity contribution in [2.24, 2.45) is 0 Å². The molecule has 1 fully saturated rings. The monoisotopic (exact) mass is 415 g/mol. The Morgan fingerprint density at radius 2 is 1.87 bits per heavy atom. The number of aromatic nitrogens is 4. The summed E-state index contributed by atoms with van der Waals surface area (Å²) in [4.78, 5) is 36.2. The number of fused-ring (bicyclic) bond motifs is 2. The van der Waals surface area contributed by atoms with Gasteiger partial charge in [-0.1, -0.05) is 30.3 Å². The normalized spacial score (nSPS) is 16.8. The molecule has 2 aromatic heterocycles. The minimum absolute atomic E-state index is 0.0177. The number of likely N-dealkylation sites (tertiary alicyclic amines) is 1. The molecule has 0 bridgehead atoms. The van der Waals surface area contributed by atoms with Crippen LogP contribution in [0.2, 0.25) is 0 Å². The molecule has 1 atom stereocenters. The predicted octanol–water partition coefficient (Wildman–Crippen LogP) is 3.59. The Morgan fingerprint density at radius 1 is 1.10 bits per heavy atom. The predicted molar refractivity (Wildman–Crippen MR) is 120 cm³/mol. The first-order valence-corrected chi connectivity index (χ1v) is 10.9. The summed E-state index contributed by atoms with van der Waals surface area (Å²) in [6, 6.07) is 15.3. The Hall–Kier alpha value is -3.48. The lowest BCUT2D eigenvalue weighted by Crippen LogP contribution is -2.40. The highest BCUT2D eigenvalue weighted by molar-refractivity contribution is 5.88. The topological polar surface area (TPSA) is 83.9 Å². The molecular weight excluding hydrogens is 390 g/mol. The average molecular weight is 415 g/mol. The Labute approximate surface area is 179 Å². The zero-order valence-electron chi connectivity index (χ0n) is 17.5. The highest BCUT2D eigenvalue weighted by Gasteiger charge is 2.30. The number of H-pyrrole nitrogens is 1. The standard InChI is InChI=1S/C24H25N5O2/c1-2-29-24(31)17-10-4-3-9-16(17)20(27-29)15-22(30)28-14-8-7-13-21(28)23-25-18-11-5-6-12-19(18)26-23/h3-6,9-12,21H,2,7-8,13-15H2,1H3,(H,25,26)/t21-/m1/s1. The zero-order chi connectivity index (χ0) is 21.4. The summed E-state index contributed by atoms with van der Waals surface area (Å²) in [5.41, 5.74) is 2.43. The SMILES string of the molecule is CCn1nc(CC(=O)N2CCCC[C@@H]2c2nc3ccccc3[nH]2)c2ccccc2c1=O. The van der Waals surface area contributed by atoms with Crippen LogP contribution in [0.1, 0.15) is 43.7 Å². The van der Waals surface area contributed by atoms with Crippen molar-refractivity contribution in [2.45, 2.75) is 45.2 Å². The third-order valence-corrected chi connectivity index (χ3v) is 6.11. The number of hydrogen-bond donors (Lipinski definition) is 1. The lowest BCUT2D eigenvalue weighted by Gasteiger charge is -2.34. The number of aryl methyl sites for hydroxylation is 1. The number of imidazole rings is 1. The van der Waals surface area contributed by atoms with Crippen molar-refractivity contribution in [3.63, 3.8) is 0 Å². The van der Waals surface area contributed by atoms with Gasteiger partial charge in [-0.3, -0.25) is 9.59 Å². The smallest absolute Gasteiger partial charge is 0.274 e. The van der Waals surface area contributed by atoms with Gasteiger partial charge in [-0.05, 0) is 44.4 Å². The molecule has 0 radical (unpaired) electrons. The molecule has 1 saturated heterocycles. The maximum atomic E-state index is 13.5. The van der Waals surface area contributed by atoms with E-state index in [2.05, 4.69) is 10.1 Å². The molecule has 5 rings (SSSR count). The van der Waals surface area contributed by atoms with Gasteiger partial charge in [0.25, 0.3) is 5.56 Å². The molecule has 7 heteroatoms. The Kier molecular flexibility index (Phi) is 5.02. The van der Waals surface area contributed by atoms with Gasteiger partial charge in [0.15, 0.2) is 0 Å². The number of aromatic amines is 1. The van der Waals surface area contributed by atoms with Crippen LogP contribution in [0.15, 0.2) is 53.3 Å². The number of para-hydroxylation sites is 2. The number of piperidine rings is 1. The van der Waals surface area contributed by atoms with Gasteiger partial charge in [0.05, 0.1) is 34.6 Å². The van der Waals surface area contributed by atoms with E-state index in [1.165, 1.54) is 4.68 Å². The fraction of sp³-hybridized carbons (Fsp3) is 0.333. The Morgan fingerprint density at radius 3 is 2.68 bits per heavy atom. The van der Waals surface area contributed by atoms with E-state index in [-0.39, 0.29) is 23.9 Å². The second-order valence-electron chi connectivity index (χ2n) is 8.03. The van der Waals surface area contributed by atoms with Crippen LogP contribution in [0.25, 0.3) is 21.8 Å². The summed E-state index contributed by atoms with van der Waals surface area (Å²) in [7, 11) is 0. The summed E-state index contributed by atoms with van der Waals surface area (Å²) in [5, 5.41) is 5.88. The van der Waals surface area contributed by atoms with Crippen molar-refractivity contribution in [1.82, 2.24) is 24.6 Å². The van der Waals surface area contributed by atoms with E-state index in [4.69, 9.17) is 4.98 Å². The van der Waals surface area contributed by atoms with Gasteiger partial charge in [0.1, 0.15) is 5.82 Å². The van der Waals surface area contributed by atoms with Gasteiger partial charge in [0, 0.05) is 18.5 Å². The summed E-state index contributed by atoms with van der Waals surface area (Å²) in [6.07, 6.45) is 3.09. The fourth-order valence-corrected chi connectivity index (χ4v) is 4.54. The van der Waals surface area contributed by atoms with Gasteiger partial charge in [-0.15, -0.1) is 0 Å². The molecule has 3 heterocycles. The van der Waals surface area contributed by atoms with Gasteiger partial charge in [-0.2, -0.15) is 5.10 Å². The van der Waals surface area contributed by atoms with E-state index in [1.54, 1.807) is 6.07 Å². The lowest BCUT2D eigenvalue weighted by atomic mass is 10.00. The van der Waals surface area contributed by atoms with E-state index < -0.39 is 0 Å². The molecule has 1 amide bonds. The Bertz CT molecular complexity index is 1290. The second kappa shape index (κ2) is 7.98. The lowest BCUT2D eigenvalue weighted by molar-refractivity contribution is -0.134. The number of carbonyl (C=O) groups excluding carboxylic acids is 1. The highest BCUT2D eigenvalue weighted by Crippen LogP contribution is 2.31. The van der Waals surface area contributed by atoms with Crippen LogP contribution in [0.5, 0.6) is 0 Å². The van der Waals surface area contributed by atoms with Crippen molar-refractivity contribution in [2.75, 3.05) is 6.54 Å². The number of nitrogens with one attached hydrogen (secondary N) is 1. The average Bonchev–Trinajstić information content (AvgIpc) is 3.25. The number of rotatable bonds is 4. The first kappa shape index (κ1) is 19.5. The molecule has 31 heavy (non-hydrogen) atoms. The summed E-state index contributed by atoms with van der Waals surface area (Å²) in [5.74, 6) is 0.856. The van der Waals surface area contributed by atoms with Crippen molar-refractivity contribution in [3.05, 3.63) is 70.4 Å². The number of carbonyl (C=O) groups is 1. The molecule has 1 aliphatic heterocycles. The van der Waals surface area contributed by atoms with E-state index in [0.29, 0.717) is 24.2 Å². The third kappa shape index (κ3) is 3.50. The molecule has 0 unspecified atom stereocenters. The maximum Gasteiger partial charge on any atom is 0.274 e. The fourth-order valence-electron chi connectivity index (χ4n) is 4.54. The van der Waals surface area contributed by atoms with Crippen molar-refractivity contribution < 1.29 is 4.79 Å². The molecule has 4 aromatic rings. The van der Waals surface area contributed by atoms with Crippen LogP contribution in [-0.2, 0) is 17.8 Å². The minimum Gasteiger partial charge on any atom is -0.340 e. The van der Waals surface area contributed by atoms with Gasteiger partial charge >= 0.3 is 0 Å². The number of benzene rings is 2. The van der Waals surface area contributed by atoms with Crippen LogP contribution in [0.4, 0.5) is 0 Å². The van der Waals surface area contributed by atoms with Crippen LogP contribution in [0.3, 0.4) is 0 Å². The van der Waals surface area contributed by atoms with Crippen LogP contribution < -0.4 is 5.56 Å². The van der Waals surface area contributed by atoms with Gasteiger partial charge < -0.3 is 9.88 Å². The van der Waals surface area contributed by atoms with E-state index in [1.807, 2.05) is 54.3 Å². The quantitative estimate of drug-likeness (QED) is 0.552. The molecule has 0 aliphatic carbocycles. The third-order valence-electron chi connectivity index (χ3n) is 6.11. The molecule has 158 valence electrons. The van der Waals surface area contributed by atoms with Crippen molar-refractivity contribution in [3.8, 4) is 0 Å². The maximum absolute atomic E-state index is 13.5. The van der Waals surface area contributed by atoms with E-state index >= 15 is 0 Å². The molecule has 0 spiro atoms. The molecule has 2 aromatic carbocycles. The van der Waals surface area contributed by atoms with Crippen molar-refractivity contribution in [1.29, 1.82) is 0 Å². The number of hydrogen-bond acceptors (Lipinski definition) is 4. The van der Waals surface area contributed by atoms with Crippen LogP contribution in [-0.4, -0.2) is 37.1 Å². The molecule has 1 N–H and O–H groups in total. The van der Waals surface area contributed by atoms with Crippen LogP contribution in [0, 0.1) is 0 Å². The van der Waals surface area contributed by atoms with E-state index in [9.17, 15) is 9.59 Å².